The number of hydrogen-bond acceptors (Lipinski definition) is 2. The molecule has 1 heterocycles. The molecule has 0 aromatic heterocycles. The first-order valence-corrected chi connectivity index (χ1v) is 10.2. The molecule has 0 spiro atoms. The predicted molar refractivity (Wildman–Crippen MR) is 119 cm³/mol. The number of benzene rings is 3. The van der Waals surface area contributed by atoms with Crippen molar-refractivity contribution in [2.24, 2.45) is 0 Å². The van der Waals surface area contributed by atoms with Crippen LogP contribution < -0.4 is 15.5 Å². The van der Waals surface area contributed by atoms with E-state index in [-0.39, 0.29) is 23.9 Å². The summed E-state index contributed by atoms with van der Waals surface area (Å²) < 4.78 is 0. The summed E-state index contributed by atoms with van der Waals surface area (Å²) in [5, 5.41) is 5.95. The molecule has 1 unspecified atom stereocenters. The molecule has 3 amide bonds. The van der Waals surface area contributed by atoms with Gasteiger partial charge in [-0.1, -0.05) is 66.7 Å². The van der Waals surface area contributed by atoms with Crippen LogP contribution >= 0.6 is 0 Å². The minimum Gasteiger partial charge on any atom is -0.349 e. The molecule has 4 rings (SSSR count). The molecular weight excluding hydrogens is 374 g/mol. The number of amides is 3. The first-order chi connectivity index (χ1) is 14.6. The molecule has 0 saturated carbocycles. The maximum atomic E-state index is 13.0. The molecule has 0 bridgehead atoms. The summed E-state index contributed by atoms with van der Waals surface area (Å²) >= 11 is 0. The molecule has 1 atom stereocenters. The first-order valence-electron chi connectivity index (χ1n) is 10.2. The molecule has 2 N–H and O–H groups in total. The van der Waals surface area contributed by atoms with Gasteiger partial charge in [-0.15, -0.1) is 0 Å². The number of anilines is 1. The van der Waals surface area contributed by atoms with Gasteiger partial charge in [-0.3, -0.25) is 9.69 Å². The zero-order valence-electron chi connectivity index (χ0n) is 16.9. The monoisotopic (exact) mass is 399 g/mol. The summed E-state index contributed by atoms with van der Waals surface area (Å²) in [5.41, 5.74) is 3.57. The molecule has 3 aromatic carbocycles. The van der Waals surface area contributed by atoms with Gasteiger partial charge in [-0.05, 0) is 36.2 Å². The highest BCUT2D eigenvalue weighted by molar-refractivity contribution is 5.98. The van der Waals surface area contributed by atoms with Crippen molar-refractivity contribution < 1.29 is 9.59 Å². The lowest BCUT2D eigenvalue weighted by Gasteiger charge is -2.26. The van der Waals surface area contributed by atoms with Crippen molar-refractivity contribution in [2.75, 3.05) is 18.0 Å². The summed E-state index contributed by atoms with van der Waals surface area (Å²) in [5.74, 6) is -0.121. The maximum absolute atomic E-state index is 13.0. The van der Waals surface area contributed by atoms with E-state index in [9.17, 15) is 9.59 Å². The Morgan fingerprint density at radius 1 is 0.933 bits per heavy atom. The van der Waals surface area contributed by atoms with Gasteiger partial charge in [0.05, 0.1) is 0 Å². The second-order valence-corrected chi connectivity index (χ2v) is 7.50. The van der Waals surface area contributed by atoms with E-state index in [0.717, 1.165) is 16.8 Å². The Morgan fingerprint density at radius 3 is 2.13 bits per heavy atom. The van der Waals surface area contributed by atoms with E-state index in [2.05, 4.69) is 34.9 Å². The number of carbonyl (C=O) groups is 2. The Labute approximate surface area is 176 Å². The van der Waals surface area contributed by atoms with Gasteiger partial charge in [0.15, 0.2) is 0 Å². The fourth-order valence-corrected chi connectivity index (χ4v) is 4.00. The van der Waals surface area contributed by atoms with Crippen LogP contribution in [0.3, 0.4) is 0 Å². The van der Waals surface area contributed by atoms with Crippen LogP contribution in [0.25, 0.3) is 0 Å². The van der Waals surface area contributed by atoms with Crippen LogP contribution in [0, 0.1) is 0 Å². The lowest BCUT2D eigenvalue weighted by molar-refractivity contribution is 0.0937. The van der Waals surface area contributed by atoms with E-state index < -0.39 is 0 Å². The van der Waals surface area contributed by atoms with Gasteiger partial charge in [0.25, 0.3) is 5.91 Å². The summed E-state index contributed by atoms with van der Waals surface area (Å²) in [6.07, 6.45) is 0. The number of nitrogens with zero attached hydrogens (tertiary/aromatic N) is 1. The van der Waals surface area contributed by atoms with E-state index in [1.54, 1.807) is 17.0 Å². The number of urea groups is 1. The summed E-state index contributed by atoms with van der Waals surface area (Å²) in [4.78, 5) is 26.6. The quantitative estimate of drug-likeness (QED) is 0.654. The van der Waals surface area contributed by atoms with Gasteiger partial charge in [0.2, 0.25) is 0 Å². The molecule has 1 aliphatic rings. The van der Waals surface area contributed by atoms with Crippen molar-refractivity contribution in [1.82, 2.24) is 10.6 Å². The van der Waals surface area contributed by atoms with Crippen LogP contribution in [0.4, 0.5) is 10.5 Å². The van der Waals surface area contributed by atoms with Crippen LogP contribution in [-0.2, 0) is 0 Å². The van der Waals surface area contributed by atoms with Gasteiger partial charge in [0, 0.05) is 36.3 Å². The molecule has 30 heavy (non-hydrogen) atoms. The molecule has 152 valence electrons. The third kappa shape index (κ3) is 4.20. The molecule has 3 aromatic rings. The van der Waals surface area contributed by atoms with E-state index in [1.165, 1.54) is 0 Å². The first kappa shape index (κ1) is 19.7. The Morgan fingerprint density at radius 2 is 1.57 bits per heavy atom. The zero-order valence-corrected chi connectivity index (χ0v) is 16.9. The second-order valence-electron chi connectivity index (χ2n) is 7.50. The normalized spacial score (nSPS) is 14.5. The lowest BCUT2D eigenvalue weighted by atomic mass is 9.85. The molecule has 5 nitrogen and oxygen atoms in total. The number of nitrogens with one attached hydrogen (secondary N) is 2. The fraction of sp³-hybridized carbons (Fsp3) is 0.200. The van der Waals surface area contributed by atoms with Crippen LogP contribution in [0.1, 0.15) is 34.3 Å². The standard InChI is InChI=1S/C25H25N3O2/c1-18(23(19-9-4-2-5-10-19)20-11-6-3-7-12-20)27-24(29)21-13-8-14-22(17-21)28-16-15-26-25(28)30/h2-14,17-18,23H,15-16H2,1H3,(H,26,30)(H,27,29). The van der Waals surface area contributed by atoms with E-state index in [1.807, 2.05) is 55.5 Å². The van der Waals surface area contributed by atoms with Crippen molar-refractivity contribution in [3.63, 3.8) is 0 Å². The minimum atomic E-state index is -0.152. The van der Waals surface area contributed by atoms with E-state index >= 15 is 0 Å². The van der Waals surface area contributed by atoms with Crippen LogP contribution in [0.15, 0.2) is 84.9 Å². The topological polar surface area (TPSA) is 61.4 Å². The highest BCUT2D eigenvalue weighted by Crippen LogP contribution is 2.28. The van der Waals surface area contributed by atoms with Crippen LogP contribution in [-0.4, -0.2) is 31.1 Å². The Bertz CT molecular complexity index is 981. The average Bonchev–Trinajstić information content (AvgIpc) is 3.21. The number of carbonyl (C=O) groups excluding carboxylic acids is 2. The van der Waals surface area contributed by atoms with Crippen molar-refractivity contribution in [3.8, 4) is 0 Å². The Kier molecular flexibility index (Phi) is 5.80. The molecule has 1 fully saturated rings. The Balaban J connectivity index is 1.56. The smallest absolute Gasteiger partial charge is 0.321 e. The van der Waals surface area contributed by atoms with Crippen molar-refractivity contribution >= 4 is 17.6 Å². The van der Waals surface area contributed by atoms with Crippen molar-refractivity contribution in [3.05, 3.63) is 102 Å². The third-order valence-corrected chi connectivity index (χ3v) is 5.45. The van der Waals surface area contributed by atoms with Crippen LogP contribution in [0.5, 0.6) is 0 Å². The minimum absolute atomic E-state index is 0.0314. The highest BCUT2D eigenvalue weighted by Gasteiger charge is 2.25. The van der Waals surface area contributed by atoms with Gasteiger partial charge in [0.1, 0.15) is 0 Å². The molecule has 1 saturated heterocycles. The van der Waals surface area contributed by atoms with Gasteiger partial charge >= 0.3 is 6.03 Å². The largest absolute Gasteiger partial charge is 0.349 e. The molecule has 5 heteroatoms. The number of rotatable bonds is 6. The average molecular weight is 399 g/mol. The molecule has 1 aliphatic heterocycles. The second kappa shape index (κ2) is 8.82. The molecular formula is C25H25N3O2. The lowest BCUT2D eigenvalue weighted by Crippen LogP contribution is -2.37. The Hall–Kier alpha value is -3.60. The van der Waals surface area contributed by atoms with Gasteiger partial charge in [-0.2, -0.15) is 0 Å². The van der Waals surface area contributed by atoms with Crippen molar-refractivity contribution in [2.45, 2.75) is 18.9 Å². The molecule has 0 aliphatic carbocycles. The van der Waals surface area contributed by atoms with E-state index in [0.29, 0.717) is 18.7 Å². The van der Waals surface area contributed by atoms with E-state index in [4.69, 9.17) is 0 Å². The zero-order chi connectivity index (χ0) is 20.9. The third-order valence-electron chi connectivity index (χ3n) is 5.45. The van der Waals surface area contributed by atoms with Gasteiger partial charge in [-0.25, -0.2) is 4.79 Å². The summed E-state index contributed by atoms with van der Waals surface area (Å²) in [6, 6.07) is 27.4. The van der Waals surface area contributed by atoms with Gasteiger partial charge < -0.3 is 10.6 Å². The SMILES string of the molecule is CC(NC(=O)c1cccc(N2CCNC2=O)c1)C(c1ccccc1)c1ccccc1. The number of hydrogen-bond donors (Lipinski definition) is 2. The summed E-state index contributed by atoms with van der Waals surface area (Å²) in [7, 11) is 0. The highest BCUT2D eigenvalue weighted by atomic mass is 16.2. The summed E-state index contributed by atoms with van der Waals surface area (Å²) in [6.45, 7) is 3.24. The fourth-order valence-electron chi connectivity index (χ4n) is 4.00. The van der Waals surface area contributed by atoms with Crippen molar-refractivity contribution in [1.29, 1.82) is 0 Å². The van der Waals surface area contributed by atoms with Crippen LogP contribution in [0.2, 0.25) is 0 Å². The maximum Gasteiger partial charge on any atom is 0.321 e. The molecule has 0 radical (unpaired) electrons. The predicted octanol–water partition coefficient (Wildman–Crippen LogP) is 4.17.